The van der Waals surface area contributed by atoms with E-state index in [0.717, 1.165) is 25.9 Å². The third kappa shape index (κ3) is 4.82. The van der Waals surface area contributed by atoms with Gasteiger partial charge in [0, 0.05) is 13.2 Å². The van der Waals surface area contributed by atoms with Gasteiger partial charge in [0.15, 0.2) is 6.29 Å². The SMILES string of the molecule is N#CC(CO)(CCCOC1CCCCO1)c1ccc(Cl)c(Cl)c1. The molecule has 1 N–H and O–H groups in total. The molecule has 2 rings (SSSR count). The van der Waals surface area contributed by atoms with Crippen molar-refractivity contribution in [2.24, 2.45) is 0 Å². The monoisotopic (exact) mass is 357 g/mol. The maximum atomic E-state index is 9.77. The molecule has 0 amide bonds. The minimum atomic E-state index is -0.995. The summed E-state index contributed by atoms with van der Waals surface area (Å²) in [6.45, 7) is 0.962. The van der Waals surface area contributed by atoms with Crippen molar-refractivity contribution in [3.8, 4) is 6.07 Å². The fourth-order valence-corrected chi connectivity index (χ4v) is 2.99. The Bertz CT molecular complexity index is 555. The lowest BCUT2D eigenvalue weighted by Crippen LogP contribution is -2.30. The van der Waals surface area contributed by atoms with E-state index in [2.05, 4.69) is 6.07 Å². The fraction of sp³-hybridized carbons (Fsp3) is 0.588. The van der Waals surface area contributed by atoms with E-state index in [-0.39, 0.29) is 12.9 Å². The Labute approximate surface area is 146 Å². The second-order valence-electron chi connectivity index (χ2n) is 5.75. The molecular weight excluding hydrogens is 337 g/mol. The molecule has 1 aliphatic heterocycles. The van der Waals surface area contributed by atoms with Gasteiger partial charge in [-0.05, 0) is 49.8 Å². The van der Waals surface area contributed by atoms with E-state index in [1.165, 1.54) is 0 Å². The summed E-state index contributed by atoms with van der Waals surface area (Å²) < 4.78 is 11.2. The van der Waals surface area contributed by atoms with E-state index in [1.54, 1.807) is 18.2 Å². The quantitative estimate of drug-likeness (QED) is 0.747. The molecule has 6 heteroatoms. The minimum absolute atomic E-state index is 0.140. The van der Waals surface area contributed by atoms with Crippen LogP contribution in [-0.2, 0) is 14.9 Å². The van der Waals surface area contributed by atoms with Crippen molar-refractivity contribution in [2.45, 2.75) is 43.8 Å². The highest BCUT2D eigenvalue weighted by atomic mass is 35.5. The van der Waals surface area contributed by atoms with Crippen LogP contribution in [0, 0.1) is 11.3 Å². The van der Waals surface area contributed by atoms with Crippen LogP contribution in [0.1, 0.15) is 37.7 Å². The molecule has 0 aromatic heterocycles. The number of nitriles is 1. The Morgan fingerprint density at radius 3 is 2.78 bits per heavy atom. The van der Waals surface area contributed by atoms with E-state index in [4.69, 9.17) is 32.7 Å². The summed E-state index contributed by atoms with van der Waals surface area (Å²) in [6.07, 6.45) is 4.10. The van der Waals surface area contributed by atoms with E-state index >= 15 is 0 Å². The third-order valence-electron chi connectivity index (χ3n) is 4.15. The van der Waals surface area contributed by atoms with Crippen molar-refractivity contribution in [3.05, 3.63) is 33.8 Å². The van der Waals surface area contributed by atoms with Gasteiger partial charge < -0.3 is 14.6 Å². The van der Waals surface area contributed by atoms with Crippen LogP contribution in [0.3, 0.4) is 0 Å². The number of aliphatic hydroxyl groups excluding tert-OH is 1. The predicted molar refractivity (Wildman–Crippen MR) is 89.6 cm³/mol. The molecule has 1 heterocycles. The maximum Gasteiger partial charge on any atom is 0.157 e. The number of hydrogen-bond donors (Lipinski definition) is 1. The van der Waals surface area contributed by atoms with Gasteiger partial charge in [0.05, 0.1) is 22.7 Å². The number of hydrogen-bond acceptors (Lipinski definition) is 4. The zero-order valence-electron chi connectivity index (χ0n) is 12.9. The number of aliphatic hydroxyl groups is 1. The van der Waals surface area contributed by atoms with E-state index in [0.29, 0.717) is 35.1 Å². The normalized spacial score (nSPS) is 20.7. The van der Waals surface area contributed by atoms with Crippen molar-refractivity contribution in [1.29, 1.82) is 5.26 Å². The summed E-state index contributed by atoms with van der Waals surface area (Å²) in [5, 5.41) is 20.2. The van der Waals surface area contributed by atoms with Crippen LogP contribution in [0.5, 0.6) is 0 Å². The Morgan fingerprint density at radius 2 is 2.17 bits per heavy atom. The van der Waals surface area contributed by atoms with Crippen molar-refractivity contribution >= 4 is 23.2 Å². The van der Waals surface area contributed by atoms with Crippen LogP contribution < -0.4 is 0 Å². The van der Waals surface area contributed by atoms with Crippen molar-refractivity contribution in [2.75, 3.05) is 19.8 Å². The molecule has 2 atom stereocenters. The first-order valence-corrected chi connectivity index (χ1v) is 8.58. The first-order chi connectivity index (χ1) is 11.1. The molecule has 0 aliphatic carbocycles. The highest BCUT2D eigenvalue weighted by Crippen LogP contribution is 2.33. The molecule has 0 saturated carbocycles. The van der Waals surface area contributed by atoms with Crippen LogP contribution in [-0.4, -0.2) is 31.2 Å². The molecule has 4 nitrogen and oxygen atoms in total. The van der Waals surface area contributed by atoms with Gasteiger partial charge in [-0.25, -0.2) is 0 Å². The average Bonchev–Trinajstić information content (AvgIpc) is 2.59. The Morgan fingerprint density at radius 1 is 1.35 bits per heavy atom. The Kier molecular flexibility index (Phi) is 7.13. The second-order valence-corrected chi connectivity index (χ2v) is 6.57. The first-order valence-electron chi connectivity index (χ1n) is 7.82. The van der Waals surface area contributed by atoms with Gasteiger partial charge in [-0.1, -0.05) is 29.3 Å². The molecule has 1 aromatic carbocycles. The molecule has 0 radical (unpaired) electrons. The van der Waals surface area contributed by atoms with Gasteiger partial charge >= 0.3 is 0 Å². The van der Waals surface area contributed by atoms with Gasteiger partial charge in [-0.3, -0.25) is 0 Å². The van der Waals surface area contributed by atoms with Crippen LogP contribution in [0.2, 0.25) is 10.0 Å². The van der Waals surface area contributed by atoms with Gasteiger partial charge in [0.2, 0.25) is 0 Å². The number of benzene rings is 1. The lowest BCUT2D eigenvalue weighted by molar-refractivity contribution is -0.163. The molecule has 1 saturated heterocycles. The number of ether oxygens (including phenoxy) is 2. The van der Waals surface area contributed by atoms with Crippen LogP contribution in [0.4, 0.5) is 0 Å². The van der Waals surface area contributed by atoms with E-state index in [1.807, 2.05) is 0 Å². The summed E-state index contributed by atoms with van der Waals surface area (Å²) in [5.74, 6) is 0. The summed E-state index contributed by atoms with van der Waals surface area (Å²) in [6, 6.07) is 7.26. The standard InChI is InChI=1S/C17H21Cl2NO3/c18-14-6-5-13(10-15(14)19)17(11-20,12-21)7-3-9-23-16-4-1-2-8-22-16/h5-6,10,16,21H,1-4,7-9,12H2. The molecule has 126 valence electrons. The highest BCUT2D eigenvalue weighted by molar-refractivity contribution is 6.42. The molecule has 23 heavy (non-hydrogen) atoms. The van der Waals surface area contributed by atoms with Gasteiger partial charge in [-0.15, -0.1) is 0 Å². The first kappa shape index (κ1) is 18.5. The Hall–Kier alpha value is -0.830. The minimum Gasteiger partial charge on any atom is -0.394 e. The predicted octanol–water partition coefficient (Wildman–Crippen LogP) is 4.07. The second kappa shape index (κ2) is 8.86. The van der Waals surface area contributed by atoms with Crippen molar-refractivity contribution < 1.29 is 14.6 Å². The summed E-state index contributed by atoms with van der Waals surface area (Å²) in [4.78, 5) is 0. The lowest BCUT2D eigenvalue weighted by Gasteiger charge is -2.26. The summed E-state index contributed by atoms with van der Waals surface area (Å²) in [5.41, 5.74) is -0.323. The van der Waals surface area contributed by atoms with E-state index in [9.17, 15) is 10.4 Å². The van der Waals surface area contributed by atoms with Gasteiger partial charge in [0.25, 0.3) is 0 Å². The van der Waals surface area contributed by atoms with Gasteiger partial charge in [-0.2, -0.15) is 5.26 Å². The van der Waals surface area contributed by atoms with Crippen LogP contribution >= 0.6 is 23.2 Å². The molecule has 0 spiro atoms. The maximum absolute atomic E-state index is 9.77. The molecule has 0 bridgehead atoms. The molecule has 2 unspecified atom stereocenters. The third-order valence-corrected chi connectivity index (χ3v) is 4.88. The van der Waals surface area contributed by atoms with Crippen molar-refractivity contribution in [3.63, 3.8) is 0 Å². The lowest BCUT2D eigenvalue weighted by atomic mass is 9.79. The van der Waals surface area contributed by atoms with Crippen LogP contribution in [0.25, 0.3) is 0 Å². The number of nitrogens with zero attached hydrogens (tertiary/aromatic N) is 1. The fourth-order valence-electron chi connectivity index (χ4n) is 2.70. The molecular formula is C17H21Cl2NO3. The topological polar surface area (TPSA) is 62.5 Å². The molecule has 1 aromatic rings. The average molecular weight is 358 g/mol. The van der Waals surface area contributed by atoms with Crippen LogP contribution in [0.15, 0.2) is 18.2 Å². The summed E-state index contributed by atoms with van der Waals surface area (Å²) >= 11 is 12.0. The highest BCUT2D eigenvalue weighted by Gasteiger charge is 2.32. The smallest absolute Gasteiger partial charge is 0.157 e. The summed E-state index contributed by atoms with van der Waals surface area (Å²) in [7, 11) is 0. The zero-order chi connectivity index (χ0) is 16.7. The van der Waals surface area contributed by atoms with Crippen molar-refractivity contribution in [1.82, 2.24) is 0 Å². The largest absolute Gasteiger partial charge is 0.394 e. The molecule has 1 aliphatic rings. The molecule has 1 fully saturated rings. The van der Waals surface area contributed by atoms with E-state index < -0.39 is 5.41 Å². The van der Waals surface area contributed by atoms with Gasteiger partial charge in [0.1, 0.15) is 5.41 Å². The number of halogens is 2. The zero-order valence-corrected chi connectivity index (χ0v) is 14.4. The number of rotatable bonds is 7. The Balaban J connectivity index is 1.94.